The van der Waals surface area contributed by atoms with Gasteiger partial charge in [0.25, 0.3) is 0 Å². The first-order valence-electron chi connectivity index (χ1n) is 16.3. The Balaban J connectivity index is 1.51. The van der Waals surface area contributed by atoms with E-state index in [-0.39, 0.29) is 22.6 Å². The molecule has 6 heteroatoms. The second kappa shape index (κ2) is 10.4. The molecule has 7 aromatic carbocycles. The summed E-state index contributed by atoms with van der Waals surface area (Å²) in [5.74, 6) is -0.643. The molecule has 0 fully saturated rings. The largest absolute Gasteiger partial charge is 0.318 e. The molecular formula is C44H24FN5. The zero-order chi connectivity index (χ0) is 33.5. The lowest BCUT2D eigenvalue weighted by atomic mass is 10.0. The number of nitriles is 1. The summed E-state index contributed by atoms with van der Waals surface area (Å²) < 4.78 is 24.0. The quantitative estimate of drug-likeness (QED) is 0.177. The highest BCUT2D eigenvalue weighted by Gasteiger charge is 2.32. The van der Waals surface area contributed by atoms with Gasteiger partial charge in [-0.2, -0.15) is 5.26 Å². The topological polar surface area (TPSA) is 42.9 Å². The van der Waals surface area contributed by atoms with Gasteiger partial charge in [-0.1, -0.05) is 109 Å². The molecule has 0 saturated carbocycles. The highest BCUT2D eigenvalue weighted by atomic mass is 19.1. The summed E-state index contributed by atoms with van der Waals surface area (Å²) in [4.78, 5) is 4.13. The molecule has 3 heterocycles. The Morgan fingerprint density at radius 3 is 1.02 bits per heavy atom. The first kappa shape index (κ1) is 27.9. The summed E-state index contributed by atoms with van der Waals surface area (Å²) in [6.07, 6.45) is 0. The van der Waals surface area contributed by atoms with E-state index in [1.54, 1.807) is 0 Å². The first-order valence-corrected chi connectivity index (χ1v) is 16.3. The fraction of sp³-hybridized carbons (Fsp3) is 0. The van der Waals surface area contributed by atoms with Crippen molar-refractivity contribution in [1.29, 1.82) is 5.26 Å². The third kappa shape index (κ3) is 3.57. The Labute approximate surface area is 285 Å². The minimum Gasteiger partial charge on any atom is -0.318 e. The number of benzene rings is 7. The lowest BCUT2D eigenvalue weighted by Gasteiger charge is -2.22. The van der Waals surface area contributed by atoms with Crippen molar-refractivity contribution in [2.45, 2.75) is 0 Å². The van der Waals surface area contributed by atoms with Crippen molar-refractivity contribution in [2.24, 2.45) is 0 Å². The Hall–Kier alpha value is -7.15. The fourth-order valence-electron chi connectivity index (χ4n) is 8.00. The number of rotatable bonds is 3. The van der Waals surface area contributed by atoms with Gasteiger partial charge in [0.05, 0.1) is 56.6 Å². The third-order valence-corrected chi connectivity index (χ3v) is 9.97. The van der Waals surface area contributed by atoms with Crippen LogP contribution in [0.1, 0.15) is 5.56 Å². The maximum atomic E-state index is 18.3. The molecule has 50 heavy (non-hydrogen) atoms. The molecule has 10 aromatic rings. The second-order valence-electron chi connectivity index (χ2n) is 12.4. The van der Waals surface area contributed by atoms with Crippen molar-refractivity contribution in [3.05, 3.63) is 168 Å². The van der Waals surface area contributed by atoms with Crippen LogP contribution in [0.15, 0.2) is 146 Å². The molecule has 0 radical (unpaired) electrons. The smallest absolute Gasteiger partial charge is 0.238 e. The van der Waals surface area contributed by atoms with Crippen molar-refractivity contribution in [3.8, 4) is 23.1 Å². The van der Waals surface area contributed by atoms with E-state index in [1.807, 2.05) is 159 Å². The molecule has 0 aliphatic rings. The van der Waals surface area contributed by atoms with E-state index in [4.69, 9.17) is 6.57 Å². The van der Waals surface area contributed by atoms with Crippen LogP contribution in [-0.4, -0.2) is 13.7 Å². The molecule has 0 N–H and O–H groups in total. The normalized spacial score (nSPS) is 11.7. The van der Waals surface area contributed by atoms with Gasteiger partial charge in [-0.15, -0.1) is 0 Å². The van der Waals surface area contributed by atoms with Gasteiger partial charge in [0.1, 0.15) is 11.8 Å². The minimum absolute atomic E-state index is 0.0570. The third-order valence-electron chi connectivity index (χ3n) is 9.97. The van der Waals surface area contributed by atoms with Crippen LogP contribution >= 0.6 is 0 Å². The Kier molecular flexibility index (Phi) is 5.82. The van der Waals surface area contributed by atoms with Crippen LogP contribution in [0.25, 0.3) is 87.3 Å². The number of aromatic nitrogens is 3. The average Bonchev–Trinajstić information content (AvgIpc) is 3.80. The molecule has 0 amide bonds. The van der Waals surface area contributed by atoms with E-state index in [2.05, 4.69) is 10.9 Å². The minimum atomic E-state index is -0.643. The number of nitrogens with zero attached hydrogens (tertiary/aromatic N) is 5. The van der Waals surface area contributed by atoms with Crippen LogP contribution in [0.5, 0.6) is 0 Å². The van der Waals surface area contributed by atoms with Gasteiger partial charge >= 0.3 is 0 Å². The van der Waals surface area contributed by atoms with Crippen LogP contribution in [0.3, 0.4) is 0 Å². The van der Waals surface area contributed by atoms with Crippen LogP contribution < -0.4 is 0 Å². The van der Waals surface area contributed by atoms with Gasteiger partial charge < -0.3 is 13.7 Å². The molecule has 0 atom stereocenters. The van der Waals surface area contributed by atoms with E-state index in [0.29, 0.717) is 5.69 Å². The number of fused-ring (bicyclic) bond motifs is 9. The summed E-state index contributed by atoms with van der Waals surface area (Å²) in [6.45, 7) is 8.75. The summed E-state index contributed by atoms with van der Waals surface area (Å²) in [7, 11) is 0. The van der Waals surface area contributed by atoms with Crippen LogP contribution in [-0.2, 0) is 0 Å². The van der Waals surface area contributed by atoms with E-state index in [9.17, 15) is 5.26 Å². The molecule has 10 rings (SSSR count). The first-order chi connectivity index (χ1) is 24.7. The number of para-hydroxylation sites is 6. The summed E-state index contributed by atoms with van der Waals surface area (Å²) in [5, 5.41) is 17.0. The van der Waals surface area contributed by atoms with Crippen LogP contribution in [0.4, 0.5) is 10.1 Å². The predicted molar refractivity (Wildman–Crippen MR) is 200 cm³/mol. The van der Waals surface area contributed by atoms with Gasteiger partial charge in [0.15, 0.2) is 5.82 Å². The molecular weight excluding hydrogens is 618 g/mol. The van der Waals surface area contributed by atoms with Crippen molar-refractivity contribution >= 4 is 71.1 Å². The molecule has 0 spiro atoms. The zero-order valence-corrected chi connectivity index (χ0v) is 26.5. The van der Waals surface area contributed by atoms with Crippen molar-refractivity contribution in [1.82, 2.24) is 13.7 Å². The lowest BCUT2D eigenvalue weighted by Crippen LogP contribution is -2.12. The maximum absolute atomic E-state index is 18.3. The van der Waals surface area contributed by atoms with E-state index in [0.717, 1.165) is 65.4 Å². The Bertz CT molecular complexity index is 2830. The molecule has 5 nitrogen and oxygen atoms in total. The number of hydrogen-bond acceptors (Lipinski definition) is 1. The summed E-state index contributed by atoms with van der Waals surface area (Å²) >= 11 is 0. The fourth-order valence-corrected chi connectivity index (χ4v) is 8.00. The van der Waals surface area contributed by atoms with Gasteiger partial charge in [0, 0.05) is 32.3 Å². The van der Waals surface area contributed by atoms with Crippen molar-refractivity contribution in [3.63, 3.8) is 0 Å². The van der Waals surface area contributed by atoms with Crippen molar-refractivity contribution < 1.29 is 4.39 Å². The van der Waals surface area contributed by atoms with Gasteiger partial charge in [-0.05, 0) is 36.4 Å². The second-order valence-corrected chi connectivity index (χ2v) is 12.4. The average molecular weight is 642 g/mol. The maximum Gasteiger partial charge on any atom is 0.238 e. The molecule has 0 unspecified atom stereocenters. The Morgan fingerprint density at radius 1 is 0.440 bits per heavy atom. The predicted octanol–water partition coefficient (Wildman–Crippen LogP) is 11.5. The summed E-state index contributed by atoms with van der Waals surface area (Å²) in [5.41, 5.74) is 5.39. The number of hydrogen-bond donors (Lipinski definition) is 0. The van der Waals surface area contributed by atoms with Gasteiger partial charge in [0.2, 0.25) is 5.69 Å². The van der Waals surface area contributed by atoms with E-state index in [1.165, 1.54) is 0 Å². The van der Waals surface area contributed by atoms with Crippen LogP contribution in [0, 0.1) is 23.7 Å². The number of halogens is 1. The monoisotopic (exact) mass is 641 g/mol. The van der Waals surface area contributed by atoms with E-state index < -0.39 is 5.82 Å². The Morgan fingerprint density at radius 2 is 0.720 bits per heavy atom. The molecule has 0 aliphatic carbocycles. The van der Waals surface area contributed by atoms with Crippen molar-refractivity contribution in [2.75, 3.05) is 0 Å². The molecule has 0 aliphatic heterocycles. The van der Waals surface area contributed by atoms with Crippen LogP contribution in [0.2, 0.25) is 0 Å². The lowest BCUT2D eigenvalue weighted by molar-refractivity contribution is 0.614. The van der Waals surface area contributed by atoms with Gasteiger partial charge in [-0.3, -0.25) is 0 Å². The highest BCUT2D eigenvalue weighted by molar-refractivity contribution is 6.13. The molecule has 232 valence electrons. The highest BCUT2D eigenvalue weighted by Crippen LogP contribution is 2.48. The molecule has 0 bridgehead atoms. The molecule has 0 saturated heterocycles. The molecule has 3 aromatic heterocycles. The SMILES string of the molecule is [C-]#[N+]c1c(-n2c3ccccc3c3ccccc32)c(F)c(-n2c3ccccc3c3ccccc32)c(C#N)c1-n1c2ccccc2c2ccccc21. The standard InChI is InChI=1S/C44H24FN5/c1-47-41-43(49-36-22-10-4-16-29(36)30-17-5-11-23-37(30)49)33(26-46)42(48-34-20-8-2-14-27(34)28-15-3-9-21-35(28)48)40(45)44(41)50-38-24-12-6-18-31(38)32-19-7-13-25-39(32)50/h2-25H. The van der Waals surface area contributed by atoms with Gasteiger partial charge in [-0.25, -0.2) is 9.24 Å². The zero-order valence-electron chi connectivity index (χ0n) is 26.5. The summed E-state index contributed by atoms with van der Waals surface area (Å²) in [6, 6.07) is 49.9. The van der Waals surface area contributed by atoms with E-state index >= 15 is 4.39 Å².